The second-order valence-electron chi connectivity index (χ2n) is 5.13. The molecular weight excluding hydrogens is 330 g/mol. The smallest absolute Gasteiger partial charge is 0.183 e. The van der Waals surface area contributed by atoms with Gasteiger partial charge < -0.3 is 9.26 Å². The van der Waals surface area contributed by atoms with Crippen molar-refractivity contribution >= 4 is 22.6 Å². The van der Waals surface area contributed by atoms with E-state index in [0.717, 1.165) is 11.3 Å². The number of methoxy groups -OCH3 is 1. The molecule has 0 aliphatic heterocycles. The van der Waals surface area contributed by atoms with Crippen LogP contribution in [0.2, 0.25) is 5.15 Å². The third kappa shape index (κ3) is 2.69. The van der Waals surface area contributed by atoms with Crippen molar-refractivity contribution in [3.8, 4) is 17.3 Å². The van der Waals surface area contributed by atoms with Crippen molar-refractivity contribution in [2.75, 3.05) is 7.11 Å². The maximum absolute atomic E-state index is 6.23. The summed E-state index contributed by atoms with van der Waals surface area (Å²) in [7, 11) is 1.64. The Kier molecular flexibility index (Phi) is 3.62. The summed E-state index contributed by atoms with van der Waals surface area (Å²) < 4.78 is 11.8. The zero-order valence-corrected chi connectivity index (χ0v) is 13.4. The van der Waals surface area contributed by atoms with Gasteiger partial charge in [-0.15, -0.1) is 0 Å². The number of fused-ring (bicyclic) bond motifs is 1. The number of hydrogen-bond acceptors (Lipinski definition) is 6. The van der Waals surface area contributed by atoms with Crippen molar-refractivity contribution in [2.45, 2.75) is 6.54 Å². The summed E-state index contributed by atoms with van der Waals surface area (Å²) in [5, 5.41) is 8.57. The van der Waals surface area contributed by atoms with Crippen molar-refractivity contribution < 1.29 is 9.26 Å². The van der Waals surface area contributed by atoms with Crippen LogP contribution in [-0.2, 0) is 6.54 Å². The van der Waals surface area contributed by atoms with Crippen LogP contribution in [0.5, 0.6) is 5.75 Å². The fourth-order valence-electron chi connectivity index (χ4n) is 2.37. The SMILES string of the molecule is COc1ccc(Cn2cc3nc(-c4ccon4)nc(Cl)c3n2)cc1. The predicted octanol–water partition coefficient (Wildman–Crippen LogP) is 3.19. The van der Waals surface area contributed by atoms with Crippen LogP contribution in [0.15, 0.2) is 47.3 Å². The first kappa shape index (κ1) is 14.6. The molecular formula is C16H12ClN5O2. The van der Waals surface area contributed by atoms with E-state index in [9.17, 15) is 0 Å². The van der Waals surface area contributed by atoms with Gasteiger partial charge in [0, 0.05) is 6.07 Å². The van der Waals surface area contributed by atoms with Crippen molar-refractivity contribution in [1.82, 2.24) is 24.9 Å². The number of rotatable bonds is 4. The largest absolute Gasteiger partial charge is 0.497 e. The molecule has 4 aromatic rings. The molecule has 0 saturated carbocycles. The minimum absolute atomic E-state index is 0.284. The van der Waals surface area contributed by atoms with Gasteiger partial charge in [-0.2, -0.15) is 5.10 Å². The highest BCUT2D eigenvalue weighted by Crippen LogP contribution is 2.23. The molecule has 0 saturated heterocycles. The molecule has 0 spiro atoms. The monoisotopic (exact) mass is 341 g/mol. The number of hydrogen-bond donors (Lipinski definition) is 0. The van der Waals surface area contributed by atoms with E-state index >= 15 is 0 Å². The Balaban J connectivity index is 1.68. The van der Waals surface area contributed by atoms with Crippen LogP contribution in [0.25, 0.3) is 22.6 Å². The average molecular weight is 342 g/mol. The number of ether oxygens (including phenoxy) is 1. The number of aromatic nitrogens is 5. The van der Waals surface area contributed by atoms with E-state index in [2.05, 4.69) is 20.2 Å². The van der Waals surface area contributed by atoms with Gasteiger partial charge in [0.25, 0.3) is 0 Å². The van der Waals surface area contributed by atoms with E-state index in [-0.39, 0.29) is 5.15 Å². The molecule has 0 N–H and O–H groups in total. The third-order valence-corrected chi connectivity index (χ3v) is 3.80. The lowest BCUT2D eigenvalue weighted by atomic mass is 10.2. The Morgan fingerprint density at radius 1 is 1.17 bits per heavy atom. The molecule has 3 heterocycles. The van der Waals surface area contributed by atoms with Crippen molar-refractivity contribution in [3.63, 3.8) is 0 Å². The van der Waals surface area contributed by atoms with E-state index < -0.39 is 0 Å². The second-order valence-corrected chi connectivity index (χ2v) is 5.49. The summed E-state index contributed by atoms with van der Waals surface area (Å²) in [6, 6.07) is 9.47. The molecule has 0 radical (unpaired) electrons. The molecule has 8 heteroatoms. The van der Waals surface area contributed by atoms with Gasteiger partial charge in [0.05, 0.1) is 19.9 Å². The summed E-state index contributed by atoms with van der Waals surface area (Å²) in [5.41, 5.74) is 2.82. The van der Waals surface area contributed by atoms with Gasteiger partial charge >= 0.3 is 0 Å². The van der Waals surface area contributed by atoms with Gasteiger partial charge in [0.15, 0.2) is 16.7 Å². The molecule has 3 aromatic heterocycles. The lowest BCUT2D eigenvalue weighted by Gasteiger charge is -2.03. The van der Waals surface area contributed by atoms with E-state index in [1.54, 1.807) is 17.9 Å². The highest BCUT2D eigenvalue weighted by molar-refractivity contribution is 6.33. The standard InChI is InChI=1S/C16H12ClN5O2/c1-23-11-4-2-10(3-5-11)8-22-9-13-14(20-22)15(17)19-16(18-13)12-6-7-24-21-12/h2-7,9H,8H2,1H3. The zero-order chi connectivity index (χ0) is 16.5. The van der Waals surface area contributed by atoms with Crippen LogP contribution in [0, 0.1) is 0 Å². The maximum Gasteiger partial charge on any atom is 0.183 e. The average Bonchev–Trinajstić information content (AvgIpc) is 3.25. The topological polar surface area (TPSA) is 78.9 Å². The quantitative estimate of drug-likeness (QED) is 0.530. The van der Waals surface area contributed by atoms with Crippen LogP contribution in [0.1, 0.15) is 5.56 Å². The molecule has 0 fully saturated rings. The summed E-state index contributed by atoms with van der Waals surface area (Å²) >= 11 is 6.23. The van der Waals surface area contributed by atoms with Crippen LogP contribution in [0.3, 0.4) is 0 Å². The second kappa shape index (κ2) is 5.93. The number of halogens is 1. The normalized spacial score (nSPS) is 11.1. The van der Waals surface area contributed by atoms with Crippen LogP contribution >= 0.6 is 11.6 Å². The minimum atomic E-state index is 0.284. The van der Waals surface area contributed by atoms with Gasteiger partial charge in [-0.1, -0.05) is 28.9 Å². The molecule has 0 unspecified atom stereocenters. The van der Waals surface area contributed by atoms with E-state index in [1.807, 2.05) is 30.5 Å². The van der Waals surface area contributed by atoms with Crippen molar-refractivity contribution in [2.24, 2.45) is 0 Å². The van der Waals surface area contributed by atoms with Crippen LogP contribution < -0.4 is 4.74 Å². The summed E-state index contributed by atoms with van der Waals surface area (Å²) in [5.74, 6) is 1.22. The Morgan fingerprint density at radius 2 is 2.00 bits per heavy atom. The minimum Gasteiger partial charge on any atom is -0.497 e. The van der Waals surface area contributed by atoms with Crippen molar-refractivity contribution in [3.05, 3.63) is 53.5 Å². The molecule has 0 atom stereocenters. The zero-order valence-electron chi connectivity index (χ0n) is 12.7. The van der Waals surface area contributed by atoms with Gasteiger partial charge in [-0.25, -0.2) is 9.97 Å². The van der Waals surface area contributed by atoms with Crippen molar-refractivity contribution in [1.29, 1.82) is 0 Å². The van der Waals surface area contributed by atoms with E-state index in [4.69, 9.17) is 20.9 Å². The van der Waals surface area contributed by atoms with Gasteiger partial charge in [0.2, 0.25) is 0 Å². The molecule has 24 heavy (non-hydrogen) atoms. The summed E-state index contributed by atoms with van der Waals surface area (Å²) in [6.07, 6.45) is 3.29. The first-order valence-corrected chi connectivity index (χ1v) is 7.55. The number of benzene rings is 1. The Bertz CT molecular complexity index is 980. The Labute approximate surface area is 141 Å². The first-order valence-electron chi connectivity index (χ1n) is 7.17. The van der Waals surface area contributed by atoms with Gasteiger partial charge in [-0.05, 0) is 17.7 Å². The highest BCUT2D eigenvalue weighted by atomic mass is 35.5. The van der Waals surface area contributed by atoms with E-state index in [1.165, 1.54) is 6.26 Å². The summed E-state index contributed by atoms with van der Waals surface area (Å²) in [6.45, 7) is 0.593. The molecule has 4 rings (SSSR count). The predicted molar refractivity (Wildman–Crippen MR) is 87.9 cm³/mol. The molecule has 120 valence electrons. The molecule has 7 nitrogen and oxygen atoms in total. The summed E-state index contributed by atoms with van der Waals surface area (Å²) in [4.78, 5) is 8.67. The fourth-order valence-corrected chi connectivity index (χ4v) is 2.58. The van der Waals surface area contributed by atoms with Crippen LogP contribution in [0.4, 0.5) is 0 Å². The molecule has 0 amide bonds. The molecule has 0 bridgehead atoms. The van der Waals surface area contributed by atoms with Gasteiger partial charge in [-0.3, -0.25) is 4.68 Å². The molecule has 0 aliphatic rings. The third-order valence-electron chi connectivity index (χ3n) is 3.54. The molecule has 1 aromatic carbocycles. The Hall–Kier alpha value is -2.93. The lowest BCUT2D eigenvalue weighted by molar-refractivity contribution is 0.414. The van der Waals surface area contributed by atoms with Crippen LogP contribution in [-0.4, -0.2) is 32.0 Å². The fraction of sp³-hybridized carbons (Fsp3) is 0.125. The highest BCUT2D eigenvalue weighted by Gasteiger charge is 2.13. The van der Waals surface area contributed by atoms with Gasteiger partial charge in [0.1, 0.15) is 23.0 Å². The molecule has 0 aliphatic carbocycles. The number of nitrogens with zero attached hydrogens (tertiary/aromatic N) is 5. The Morgan fingerprint density at radius 3 is 2.71 bits per heavy atom. The maximum atomic E-state index is 6.23. The lowest BCUT2D eigenvalue weighted by Crippen LogP contribution is -1.99. The first-order chi connectivity index (χ1) is 11.7. The van der Waals surface area contributed by atoms with E-state index in [0.29, 0.717) is 29.1 Å².